The number of hydrogen-bond acceptors (Lipinski definition) is 1. The lowest BCUT2D eigenvalue weighted by Crippen LogP contribution is -2.62. The number of anilines is 3. The molecule has 0 saturated carbocycles. The van der Waals surface area contributed by atoms with E-state index >= 15 is 0 Å². The van der Waals surface area contributed by atoms with Crippen molar-refractivity contribution in [2.24, 2.45) is 0 Å². The summed E-state index contributed by atoms with van der Waals surface area (Å²) in [7, 11) is 19.0. The van der Waals surface area contributed by atoms with Crippen molar-refractivity contribution in [3.8, 4) is 100 Å². The summed E-state index contributed by atoms with van der Waals surface area (Å²) >= 11 is 0. The van der Waals surface area contributed by atoms with Gasteiger partial charge in [0, 0.05) is 83.1 Å². The van der Waals surface area contributed by atoms with E-state index in [1.165, 1.54) is 181 Å². The van der Waals surface area contributed by atoms with Crippen LogP contribution in [0.25, 0.3) is 182 Å². The second-order valence-electron chi connectivity index (χ2n) is 40.8. The fourth-order valence-electron chi connectivity index (χ4n) is 23.9. The predicted octanol–water partition coefficient (Wildman–Crippen LogP) is 16.8. The van der Waals surface area contributed by atoms with Gasteiger partial charge in [-0.25, -0.2) is 0 Å². The monoisotopic (exact) mass is 1730 g/mol. The lowest BCUT2D eigenvalue weighted by Gasteiger charge is -2.45. The molecule has 0 aliphatic carbocycles. The van der Waals surface area contributed by atoms with Gasteiger partial charge >= 0.3 is 0 Å². The van der Waals surface area contributed by atoms with E-state index in [4.69, 9.17) is 0 Å². The van der Waals surface area contributed by atoms with Gasteiger partial charge in [0.1, 0.15) is 62.8 Å². The average Bonchev–Trinajstić information content (AvgIpc) is 1.36. The maximum absolute atomic E-state index is 2.80. The molecular weight excluding hydrogens is 1630 g/mol. The normalized spacial score (nSPS) is 13.2. The van der Waals surface area contributed by atoms with Crippen molar-refractivity contribution in [3.63, 3.8) is 0 Å². The number of rotatable bonds is 12. The van der Waals surface area contributed by atoms with E-state index in [1.807, 2.05) is 0 Å². The van der Waals surface area contributed by atoms with E-state index in [0.29, 0.717) is 0 Å². The Morgan fingerprint density at radius 2 is 0.632 bits per heavy atom. The van der Waals surface area contributed by atoms with Crippen molar-refractivity contribution < 1.29 is 0 Å². The number of para-hydroxylation sites is 4. The number of benzene rings is 19. The molecule has 0 radical (unpaired) electrons. The molecule has 136 heavy (non-hydrogen) atoms. The van der Waals surface area contributed by atoms with Crippen molar-refractivity contribution in [3.05, 3.63) is 404 Å². The van der Waals surface area contributed by atoms with Gasteiger partial charge in [-0.2, -0.15) is 0 Å². The number of fused-ring (bicyclic) bond motifs is 16. The lowest BCUT2D eigenvalue weighted by molar-refractivity contribution is 0.590. The summed E-state index contributed by atoms with van der Waals surface area (Å²) in [6.07, 6.45) is 0. The van der Waals surface area contributed by atoms with Crippen LogP contribution in [0, 0.1) is 0 Å². The molecule has 6 heterocycles. The minimum absolute atomic E-state index is 0.0448. The van der Waals surface area contributed by atoms with Gasteiger partial charge in [-0.05, 0) is 241 Å². The van der Waals surface area contributed by atoms with E-state index in [1.54, 1.807) is 0 Å². The number of nitrogens with zero attached hydrogens (tertiary/aromatic N) is 4. The summed E-state index contributed by atoms with van der Waals surface area (Å²) in [6, 6.07) is 146. The van der Waals surface area contributed by atoms with Crippen LogP contribution in [0.4, 0.5) is 17.1 Å². The molecule has 0 bridgehead atoms. The first-order valence-electron chi connectivity index (χ1n) is 48.4. The zero-order valence-corrected chi connectivity index (χ0v) is 79.7. The zero-order valence-electron chi connectivity index (χ0n) is 79.7. The minimum atomic E-state index is -0.439. The van der Waals surface area contributed by atoms with Crippen molar-refractivity contribution in [1.29, 1.82) is 0 Å². The molecule has 0 amide bonds. The van der Waals surface area contributed by atoms with Crippen molar-refractivity contribution >= 4 is 228 Å². The van der Waals surface area contributed by atoms with E-state index in [-0.39, 0.29) is 17.5 Å². The largest absolute Gasteiger partial charge is 0.310 e. The van der Waals surface area contributed by atoms with Crippen LogP contribution in [-0.4, -0.2) is 83.0 Å². The smallest absolute Gasteiger partial charge is 0.247 e. The van der Waals surface area contributed by atoms with Crippen molar-refractivity contribution in [1.82, 2.24) is 13.5 Å². The summed E-state index contributed by atoms with van der Waals surface area (Å²) < 4.78 is 7.70. The molecule has 0 spiro atoms. The first-order chi connectivity index (χ1) is 66.1. The molecule has 0 fully saturated rings. The molecular formula is C123H97B9N4. The molecule has 13 heteroatoms. The Morgan fingerprint density at radius 3 is 1.13 bits per heavy atom. The number of aromatic nitrogens is 3. The minimum Gasteiger partial charge on any atom is -0.310 e. The topological polar surface area (TPSA) is 17.5 Å². The van der Waals surface area contributed by atoms with Gasteiger partial charge in [0.15, 0.2) is 0 Å². The average molecular weight is 1730 g/mol. The standard InChI is InChI=1S/C123H97B9N4/c1-122(2,3)81-50-44-69(45-51-81)77-59-88(71-28-12-7-13-29-71)105(89(60-77)72-30-14-8-15-31-72)106-95-68-84(134-120-107(109(124)111(126)113(128)115(120)130)108-110(125)112(127)114(129)116(131)121(108)134)54-56-97(95)132-98-55-48-76(79-63-93-86-39-23-26-42-100(86)135-101-43-27-24-40-87(101)94(64-79)119(93)135)66-103(98)136(104-67-80(65-96(106)117(104)132)75-49-57-102-92(58-75)85-38-22-25-41-99(85)133(102)83-36-20-11-21-37-83)118-90(73-32-16-9-17-33-73)61-78(62-91(118)74-34-18-10-19-35-74)70-46-52-82(53-47-70)123(4,5)6/h7-68,106H,124-131H2,1-6H3. The van der Waals surface area contributed by atoms with Gasteiger partial charge in [-0.3, -0.25) is 0 Å². The van der Waals surface area contributed by atoms with Crippen LogP contribution in [-0.2, 0) is 10.8 Å². The quantitative estimate of drug-likeness (QED) is 0.111. The molecule has 23 aromatic rings. The van der Waals surface area contributed by atoms with E-state index in [9.17, 15) is 0 Å². The fraction of sp³-hybridized carbons (Fsp3) is 0.0732. The van der Waals surface area contributed by atoms with Crippen LogP contribution >= 0.6 is 0 Å². The van der Waals surface area contributed by atoms with Crippen LogP contribution in [0.2, 0.25) is 0 Å². The SMILES string of the molecule is Bc1c(B)c(B)c2c(c1B)c1c(B)c(B)c(B)c(B)c1n2-c1ccc2c(c1)C(c1c(-c3ccccc3)cc(-c3ccc(C(C)(C)C)cc3)cc1-c1ccccc1)c1cc(-c3ccc4c(c3)c3ccccc3n4-c3ccccc3)cc3c1B2c1ccc(-c2cc4c5ccccc5n5c6ccccc6c(c2)c45)cc1N3c1c(-c2ccccc2)cc(-c2ccc(C(C)(C)C)cc2)cc1-c1ccccc1. The second-order valence-corrected chi connectivity index (χ2v) is 40.8. The van der Waals surface area contributed by atoms with Crippen molar-refractivity contribution in [2.75, 3.05) is 4.90 Å². The van der Waals surface area contributed by atoms with Crippen molar-refractivity contribution in [2.45, 2.75) is 58.3 Å². The highest BCUT2D eigenvalue weighted by atomic mass is 15.2. The highest BCUT2D eigenvalue weighted by molar-refractivity contribution is 6.99. The molecule has 4 aromatic heterocycles. The Kier molecular flexibility index (Phi) is 19.1. The summed E-state index contributed by atoms with van der Waals surface area (Å²) in [4.78, 5) is 2.80. The molecule has 4 nitrogen and oxygen atoms in total. The van der Waals surface area contributed by atoms with Crippen LogP contribution in [0.1, 0.15) is 75.3 Å². The van der Waals surface area contributed by atoms with Gasteiger partial charge < -0.3 is 18.4 Å². The third kappa shape index (κ3) is 12.7. The van der Waals surface area contributed by atoms with Gasteiger partial charge in [0.05, 0.1) is 33.3 Å². The summed E-state index contributed by atoms with van der Waals surface area (Å²) in [5.74, 6) is -0.439. The third-order valence-electron chi connectivity index (χ3n) is 31.4. The van der Waals surface area contributed by atoms with E-state index in [0.717, 1.165) is 106 Å². The van der Waals surface area contributed by atoms with Gasteiger partial charge in [-0.1, -0.05) is 353 Å². The molecule has 636 valence electrons. The van der Waals surface area contributed by atoms with E-state index < -0.39 is 5.92 Å². The van der Waals surface area contributed by atoms with Gasteiger partial charge in [0.2, 0.25) is 6.71 Å². The molecule has 2 aliphatic rings. The second kappa shape index (κ2) is 31.3. The predicted molar refractivity (Wildman–Crippen MR) is 609 cm³/mol. The van der Waals surface area contributed by atoms with E-state index in [2.05, 4.69) is 499 Å². The van der Waals surface area contributed by atoms with Crippen LogP contribution < -0.4 is 65.0 Å². The Hall–Kier alpha value is -15.0. The summed E-state index contributed by atoms with van der Waals surface area (Å²) in [5, 5.41) is 10.1. The van der Waals surface area contributed by atoms with Crippen LogP contribution in [0.3, 0.4) is 0 Å². The molecule has 25 rings (SSSR count). The zero-order chi connectivity index (χ0) is 92.3. The molecule has 0 saturated heterocycles. The Balaban J connectivity index is 0.877. The number of hydrogen-bond donors (Lipinski definition) is 0. The lowest BCUT2D eigenvalue weighted by atomic mass is 9.31. The Morgan fingerprint density at radius 1 is 0.250 bits per heavy atom. The highest BCUT2D eigenvalue weighted by Crippen LogP contribution is 2.56. The fourth-order valence-corrected chi connectivity index (χ4v) is 23.9. The van der Waals surface area contributed by atoms with Gasteiger partial charge in [0.25, 0.3) is 0 Å². The summed E-state index contributed by atoms with van der Waals surface area (Å²) in [6.45, 7) is 13.6. The summed E-state index contributed by atoms with van der Waals surface area (Å²) in [5.41, 5.74) is 53.3. The Bertz CT molecular complexity index is 8660. The highest BCUT2D eigenvalue weighted by Gasteiger charge is 2.47. The molecule has 2 aliphatic heterocycles. The Labute approximate surface area is 803 Å². The first kappa shape index (κ1) is 82.8. The van der Waals surface area contributed by atoms with Gasteiger partial charge in [-0.15, -0.1) is 10.9 Å². The molecule has 1 atom stereocenters. The maximum atomic E-state index is 2.80. The molecule has 0 N–H and O–H groups in total. The van der Waals surface area contributed by atoms with Crippen LogP contribution in [0.5, 0.6) is 0 Å². The molecule has 1 unspecified atom stereocenters. The molecule has 19 aromatic carbocycles. The maximum Gasteiger partial charge on any atom is 0.247 e. The third-order valence-corrected chi connectivity index (χ3v) is 31.4. The van der Waals surface area contributed by atoms with Crippen LogP contribution in [0.15, 0.2) is 376 Å². The first-order valence-corrected chi connectivity index (χ1v) is 48.4.